The maximum Gasteiger partial charge on any atom is 0.115 e. The molecule has 70 valence electrons. The summed E-state index contributed by atoms with van der Waals surface area (Å²) in [5.74, 6) is 0.302. The first-order chi connectivity index (χ1) is 6.33. The minimum atomic E-state index is 0.302. The summed E-state index contributed by atoms with van der Waals surface area (Å²) in [5.41, 5.74) is 1.17. The van der Waals surface area contributed by atoms with Crippen molar-refractivity contribution in [2.24, 2.45) is 0 Å². The van der Waals surface area contributed by atoms with Crippen LogP contribution in [0.5, 0.6) is 5.75 Å². The van der Waals surface area contributed by atoms with E-state index in [1.54, 1.807) is 18.2 Å². The molecule has 0 radical (unpaired) electrons. The number of ether oxygens (including phenoxy) is 1. The lowest BCUT2D eigenvalue weighted by Crippen LogP contribution is -1.97. The van der Waals surface area contributed by atoms with Crippen LogP contribution < -0.4 is 0 Å². The van der Waals surface area contributed by atoms with Crippen LogP contribution in [0.4, 0.5) is 0 Å². The van der Waals surface area contributed by atoms with Crippen LogP contribution in [0.2, 0.25) is 0 Å². The Morgan fingerprint density at radius 1 is 1.31 bits per heavy atom. The molecule has 0 saturated heterocycles. The molecule has 0 amide bonds. The summed E-state index contributed by atoms with van der Waals surface area (Å²) in [6, 6.07) is 7.16. The summed E-state index contributed by atoms with van der Waals surface area (Å²) in [6.45, 7) is 4.85. The van der Waals surface area contributed by atoms with Crippen molar-refractivity contribution in [2.75, 3.05) is 13.2 Å². The van der Waals surface area contributed by atoms with Gasteiger partial charge >= 0.3 is 0 Å². The van der Waals surface area contributed by atoms with Crippen LogP contribution in [0.1, 0.15) is 5.56 Å². The average molecular weight is 178 g/mol. The van der Waals surface area contributed by atoms with Crippen LogP contribution >= 0.6 is 0 Å². The summed E-state index contributed by atoms with van der Waals surface area (Å²) in [5, 5.41) is 9.02. The molecule has 0 aromatic heterocycles. The molecular weight excluding hydrogens is 164 g/mol. The van der Waals surface area contributed by atoms with E-state index < -0.39 is 0 Å². The topological polar surface area (TPSA) is 29.5 Å². The summed E-state index contributed by atoms with van der Waals surface area (Å²) in [7, 11) is 0. The highest BCUT2D eigenvalue weighted by Gasteiger charge is 1.92. The maximum atomic E-state index is 9.02. The molecule has 2 heteroatoms. The van der Waals surface area contributed by atoms with Gasteiger partial charge in [-0.2, -0.15) is 0 Å². The Hall–Kier alpha value is -1.28. The standard InChI is InChI=1S/C11H14O2/c1-2-8-13-9-7-10-3-5-11(12)6-4-10/h2-6,12H,1,7-9H2. The lowest BCUT2D eigenvalue weighted by molar-refractivity contribution is 0.166. The van der Waals surface area contributed by atoms with Gasteiger partial charge in [-0.05, 0) is 24.1 Å². The zero-order valence-corrected chi connectivity index (χ0v) is 7.57. The molecular formula is C11H14O2. The normalized spacial score (nSPS) is 9.85. The average Bonchev–Trinajstić information content (AvgIpc) is 2.15. The summed E-state index contributed by atoms with van der Waals surface area (Å²) >= 11 is 0. The van der Waals surface area contributed by atoms with Crippen LogP contribution in [0, 0.1) is 0 Å². The van der Waals surface area contributed by atoms with E-state index >= 15 is 0 Å². The van der Waals surface area contributed by atoms with E-state index in [-0.39, 0.29) is 0 Å². The molecule has 13 heavy (non-hydrogen) atoms. The van der Waals surface area contributed by atoms with Gasteiger partial charge in [0.2, 0.25) is 0 Å². The monoisotopic (exact) mass is 178 g/mol. The molecule has 0 atom stereocenters. The lowest BCUT2D eigenvalue weighted by Gasteiger charge is -2.01. The first kappa shape index (κ1) is 9.81. The second-order valence-corrected chi connectivity index (χ2v) is 2.78. The summed E-state index contributed by atoms with van der Waals surface area (Å²) in [6.07, 6.45) is 2.60. The molecule has 0 bridgehead atoms. The molecule has 0 saturated carbocycles. The second kappa shape index (κ2) is 5.38. The third kappa shape index (κ3) is 3.76. The molecule has 0 spiro atoms. The fourth-order valence-corrected chi connectivity index (χ4v) is 1.02. The van der Waals surface area contributed by atoms with Crippen molar-refractivity contribution in [1.29, 1.82) is 0 Å². The quantitative estimate of drug-likeness (QED) is 0.553. The van der Waals surface area contributed by atoms with Crippen molar-refractivity contribution < 1.29 is 9.84 Å². The fraction of sp³-hybridized carbons (Fsp3) is 0.273. The van der Waals surface area contributed by atoms with Crippen molar-refractivity contribution in [1.82, 2.24) is 0 Å². The number of phenolic OH excluding ortho intramolecular Hbond substituents is 1. The highest BCUT2D eigenvalue weighted by molar-refractivity contribution is 5.25. The first-order valence-electron chi connectivity index (χ1n) is 4.29. The Labute approximate surface area is 78.5 Å². The number of hydrogen-bond acceptors (Lipinski definition) is 2. The Balaban J connectivity index is 2.28. The van der Waals surface area contributed by atoms with Gasteiger partial charge in [0.25, 0.3) is 0 Å². The molecule has 1 N–H and O–H groups in total. The Bertz CT molecular complexity index is 251. The second-order valence-electron chi connectivity index (χ2n) is 2.78. The van der Waals surface area contributed by atoms with Gasteiger partial charge in [-0.25, -0.2) is 0 Å². The van der Waals surface area contributed by atoms with Gasteiger partial charge < -0.3 is 9.84 Å². The van der Waals surface area contributed by atoms with Crippen molar-refractivity contribution >= 4 is 0 Å². The largest absolute Gasteiger partial charge is 0.508 e. The molecule has 1 aromatic carbocycles. The van der Waals surface area contributed by atoms with Crippen molar-refractivity contribution in [3.05, 3.63) is 42.5 Å². The molecule has 1 aromatic rings. The number of rotatable bonds is 5. The SMILES string of the molecule is C=CCOCCc1ccc(O)cc1. The lowest BCUT2D eigenvalue weighted by atomic mass is 10.1. The third-order valence-electron chi connectivity index (χ3n) is 1.71. The van der Waals surface area contributed by atoms with Gasteiger partial charge in [0, 0.05) is 0 Å². The van der Waals surface area contributed by atoms with Gasteiger partial charge in [0.15, 0.2) is 0 Å². The smallest absolute Gasteiger partial charge is 0.115 e. The van der Waals surface area contributed by atoms with E-state index in [1.165, 1.54) is 5.56 Å². The molecule has 0 unspecified atom stereocenters. The van der Waals surface area contributed by atoms with E-state index in [4.69, 9.17) is 9.84 Å². The van der Waals surface area contributed by atoms with E-state index in [9.17, 15) is 0 Å². The van der Waals surface area contributed by atoms with Gasteiger partial charge in [0.1, 0.15) is 5.75 Å². The van der Waals surface area contributed by atoms with Crippen molar-refractivity contribution in [3.63, 3.8) is 0 Å². The highest BCUT2D eigenvalue weighted by Crippen LogP contribution is 2.09. The van der Waals surface area contributed by atoms with Gasteiger partial charge in [-0.15, -0.1) is 6.58 Å². The predicted molar refractivity (Wildman–Crippen MR) is 52.8 cm³/mol. The first-order valence-corrected chi connectivity index (χ1v) is 4.29. The number of aromatic hydroxyl groups is 1. The minimum Gasteiger partial charge on any atom is -0.508 e. The number of benzene rings is 1. The van der Waals surface area contributed by atoms with Gasteiger partial charge in [0.05, 0.1) is 13.2 Å². The summed E-state index contributed by atoms with van der Waals surface area (Å²) in [4.78, 5) is 0. The highest BCUT2D eigenvalue weighted by atomic mass is 16.5. The zero-order valence-electron chi connectivity index (χ0n) is 7.57. The van der Waals surface area contributed by atoms with E-state index in [0.29, 0.717) is 19.0 Å². The molecule has 0 fully saturated rings. The van der Waals surface area contributed by atoms with Crippen LogP contribution in [0.25, 0.3) is 0 Å². The number of phenols is 1. The van der Waals surface area contributed by atoms with Gasteiger partial charge in [-0.3, -0.25) is 0 Å². The van der Waals surface area contributed by atoms with Crippen LogP contribution in [0.3, 0.4) is 0 Å². The van der Waals surface area contributed by atoms with Crippen molar-refractivity contribution in [2.45, 2.75) is 6.42 Å². The van der Waals surface area contributed by atoms with Crippen LogP contribution in [-0.4, -0.2) is 18.3 Å². The van der Waals surface area contributed by atoms with Crippen molar-refractivity contribution in [3.8, 4) is 5.75 Å². The molecule has 0 aliphatic carbocycles. The molecule has 0 aliphatic heterocycles. The molecule has 2 nitrogen and oxygen atoms in total. The molecule has 0 heterocycles. The van der Waals surface area contributed by atoms with Crippen LogP contribution in [0.15, 0.2) is 36.9 Å². The molecule has 1 rings (SSSR count). The minimum absolute atomic E-state index is 0.302. The predicted octanol–water partition coefficient (Wildman–Crippen LogP) is 2.14. The van der Waals surface area contributed by atoms with E-state index in [1.807, 2.05) is 12.1 Å². The Kier molecular flexibility index (Phi) is 4.06. The Morgan fingerprint density at radius 2 is 2.00 bits per heavy atom. The summed E-state index contributed by atoms with van der Waals surface area (Å²) < 4.78 is 5.24. The molecule has 0 aliphatic rings. The fourth-order valence-electron chi connectivity index (χ4n) is 1.02. The van der Waals surface area contributed by atoms with E-state index in [2.05, 4.69) is 6.58 Å². The third-order valence-corrected chi connectivity index (χ3v) is 1.71. The van der Waals surface area contributed by atoms with E-state index in [0.717, 1.165) is 6.42 Å². The zero-order chi connectivity index (χ0) is 9.52. The number of hydrogen-bond donors (Lipinski definition) is 1. The van der Waals surface area contributed by atoms with Crippen LogP contribution in [-0.2, 0) is 11.2 Å². The maximum absolute atomic E-state index is 9.02. The Morgan fingerprint density at radius 3 is 2.62 bits per heavy atom. The van der Waals surface area contributed by atoms with Gasteiger partial charge in [-0.1, -0.05) is 18.2 Å².